The van der Waals surface area contributed by atoms with Gasteiger partial charge in [0.1, 0.15) is 10.8 Å². The Morgan fingerprint density at radius 1 is 1.07 bits per heavy atom. The molecule has 2 heterocycles. The summed E-state index contributed by atoms with van der Waals surface area (Å²) in [4.78, 5) is 16.7. The van der Waals surface area contributed by atoms with Crippen LogP contribution in [0.15, 0.2) is 64.4 Å². The standard InChI is InChI=1S/C20H14FN3O3S/c1-12(17-23-24-18(27-17)13-7-9-15(21)10-8-13)26-20(25)16-11-28-19(22-16)14-5-3-2-4-6-14/h2-12H,1H3/t12-/m1/s1. The van der Waals surface area contributed by atoms with Gasteiger partial charge in [0.2, 0.25) is 5.89 Å². The van der Waals surface area contributed by atoms with Crippen molar-refractivity contribution < 1.29 is 18.3 Å². The van der Waals surface area contributed by atoms with E-state index in [4.69, 9.17) is 9.15 Å². The van der Waals surface area contributed by atoms with Crippen molar-refractivity contribution >= 4 is 17.3 Å². The topological polar surface area (TPSA) is 78.1 Å². The van der Waals surface area contributed by atoms with E-state index in [1.54, 1.807) is 12.3 Å². The molecule has 4 aromatic rings. The zero-order chi connectivity index (χ0) is 19.5. The molecule has 0 spiro atoms. The molecule has 0 saturated carbocycles. The molecule has 0 N–H and O–H groups in total. The van der Waals surface area contributed by atoms with Crippen LogP contribution < -0.4 is 0 Å². The summed E-state index contributed by atoms with van der Waals surface area (Å²) in [5.74, 6) is -0.569. The van der Waals surface area contributed by atoms with Crippen molar-refractivity contribution in [1.29, 1.82) is 0 Å². The van der Waals surface area contributed by atoms with Crippen LogP contribution in [0.25, 0.3) is 22.0 Å². The molecule has 0 radical (unpaired) electrons. The average Bonchev–Trinajstić information content (AvgIpc) is 3.39. The molecule has 2 aromatic carbocycles. The quantitative estimate of drug-likeness (QED) is 0.447. The first kappa shape index (κ1) is 18.0. The van der Waals surface area contributed by atoms with E-state index in [9.17, 15) is 9.18 Å². The van der Waals surface area contributed by atoms with E-state index >= 15 is 0 Å². The highest BCUT2D eigenvalue weighted by Gasteiger charge is 2.21. The smallest absolute Gasteiger partial charge is 0.358 e. The number of halogens is 1. The minimum Gasteiger partial charge on any atom is -0.448 e. The number of ether oxygens (including phenoxy) is 1. The van der Waals surface area contributed by atoms with E-state index in [0.29, 0.717) is 5.56 Å². The van der Waals surface area contributed by atoms with Crippen LogP contribution in [0.5, 0.6) is 0 Å². The summed E-state index contributed by atoms with van der Waals surface area (Å²) in [6, 6.07) is 15.2. The third kappa shape index (κ3) is 3.81. The first-order valence-electron chi connectivity index (χ1n) is 8.41. The van der Waals surface area contributed by atoms with Crippen molar-refractivity contribution in [2.75, 3.05) is 0 Å². The van der Waals surface area contributed by atoms with Crippen LogP contribution in [0.2, 0.25) is 0 Å². The molecule has 140 valence electrons. The van der Waals surface area contributed by atoms with E-state index in [-0.39, 0.29) is 23.3 Å². The third-order valence-electron chi connectivity index (χ3n) is 3.90. The number of benzene rings is 2. The summed E-state index contributed by atoms with van der Waals surface area (Å²) in [6.07, 6.45) is -0.754. The second kappa shape index (κ2) is 7.69. The summed E-state index contributed by atoms with van der Waals surface area (Å²) >= 11 is 1.36. The highest BCUT2D eigenvalue weighted by molar-refractivity contribution is 7.13. The van der Waals surface area contributed by atoms with Crippen molar-refractivity contribution in [3.05, 3.63) is 77.4 Å². The molecule has 0 aliphatic carbocycles. The van der Waals surface area contributed by atoms with Crippen molar-refractivity contribution in [2.45, 2.75) is 13.0 Å². The van der Waals surface area contributed by atoms with Gasteiger partial charge in [0.15, 0.2) is 11.8 Å². The highest BCUT2D eigenvalue weighted by Crippen LogP contribution is 2.26. The van der Waals surface area contributed by atoms with Crippen LogP contribution in [0.1, 0.15) is 29.4 Å². The van der Waals surface area contributed by atoms with E-state index in [0.717, 1.165) is 10.6 Å². The average molecular weight is 395 g/mol. The van der Waals surface area contributed by atoms with Crippen LogP contribution in [-0.4, -0.2) is 21.2 Å². The predicted molar refractivity (Wildman–Crippen MR) is 101 cm³/mol. The first-order valence-corrected chi connectivity index (χ1v) is 9.29. The van der Waals surface area contributed by atoms with Gasteiger partial charge in [-0.05, 0) is 31.2 Å². The summed E-state index contributed by atoms with van der Waals surface area (Å²) in [6.45, 7) is 1.63. The Hall–Kier alpha value is -3.39. The number of nitrogens with zero attached hydrogens (tertiary/aromatic N) is 3. The maximum absolute atomic E-state index is 13.0. The molecule has 4 rings (SSSR count). The van der Waals surface area contributed by atoms with Gasteiger partial charge in [-0.2, -0.15) is 0 Å². The van der Waals surface area contributed by atoms with Gasteiger partial charge < -0.3 is 9.15 Å². The zero-order valence-corrected chi connectivity index (χ0v) is 15.5. The lowest BCUT2D eigenvalue weighted by atomic mass is 10.2. The first-order chi connectivity index (χ1) is 13.6. The van der Waals surface area contributed by atoms with Crippen LogP contribution >= 0.6 is 11.3 Å². The molecule has 0 fully saturated rings. The highest BCUT2D eigenvalue weighted by atomic mass is 32.1. The maximum Gasteiger partial charge on any atom is 0.358 e. The number of aromatic nitrogens is 3. The van der Waals surface area contributed by atoms with Gasteiger partial charge in [0.05, 0.1) is 0 Å². The lowest BCUT2D eigenvalue weighted by Crippen LogP contribution is -2.10. The SMILES string of the molecule is C[C@@H](OC(=O)c1csc(-c2ccccc2)n1)c1nnc(-c2ccc(F)cc2)o1. The Morgan fingerprint density at radius 3 is 2.57 bits per heavy atom. The van der Waals surface area contributed by atoms with Crippen molar-refractivity contribution in [1.82, 2.24) is 15.2 Å². The number of hydrogen-bond donors (Lipinski definition) is 0. The number of carbonyl (C=O) groups is 1. The van der Waals surface area contributed by atoms with Crippen LogP contribution in [0.3, 0.4) is 0 Å². The molecule has 8 heteroatoms. The predicted octanol–water partition coefficient (Wildman–Crippen LogP) is 4.92. The fourth-order valence-corrected chi connectivity index (χ4v) is 3.26. The molecule has 6 nitrogen and oxygen atoms in total. The summed E-state index contributed by atoms with van der Waals surface area (Å²) in [5.41, 5.74) is 1.72. The minimum atomic E-state index is -0.754. The fraction of sp³-hybridized carbons (Fsp3) is 0.100. The van der Waals surface area contributed by atoms with Crippen molar-refractivity contribution in [3.63, 3.8) is 0 Å². The number of carbonyl (C=O) groups excluding carboxylic acids is 1. The molecule has 2 aromatic heterocycles. The molecule has 28 heavy (non-hydrogen) atoms. The van der Waals surface area contributed by atoms with Crippen LogP contribution in [0.4, 0.5) is 4.39 Å². The van der Waals surface area contributed by atoms with Gasteiger partial charge >= 0.3 is 5.97 Å². The van der Waals surface area contributed by atoms with Gasteiger partial charge in [-0.25, -0.2) is 14.2 Å². The molecule has 0 aliphatic rings. The van der Waals surface area contributed by atoms with Crippen molar-refractivity contribution in [3.8, 4) is 22.0 Å². The van der Waals surface area contributed by atoms with Gasteiger partial charge in [-0.3, -0.25) is 0 Å². The van der Waals surface area contributed by atoms with Crippen LogP contribution in [-0.2, 0) is 4.74 Å². The summed E-state index contributed by atoms with van der Waals surface area (Å²) in [5, 5.41) is 10.2. The molecule has 0 saturated heterocycles. The molecule has 0 bridgehead atoms. The van der Waals surface area contributed by atoms with Gasteiger partial charge in [0.25, 0.3) is 5.89 Å². The Labute approximate surface area is 163 Å². The summed E-state index contributed by atoms with van der Waals surface area (Å²) < 4.78 is 24.0. The molecular formula is C20H14FN3O3S. The largest absolute Gasteiger partial charge is 0.448 e. The molecule has 1 atom stereocenters. The molecule has 0 unspecified atom stereocenters. The number of esters is 1. The third-order valence-corrected chi connectivity index (χ3v) is 4.79. The number of hydrogen-bond acceptors (Lipinski definition) is 7. The Morgan fingerprint density at radius 2 is 1.82 bits per heavy atom. The Kier molecular flexibility index (Phi) is 4.94. The monoisotopic (exact) mass is 395 g/mol. The number of thiazole rings is 1. The maximum atomic E-state index is 13.0. The van der Waals surface area contributed by atoms with E-state index in [1.165, 1.54) is 35.6 Å². The fourth-order valence-electron chi connectivity index (χ4n) is 2.46. The lowest BCUT2D eigenvalue weighted by Gasteiger charge is -2.07. The molecule has 0 amide bonds. The lowest BCUT2D eigenvalue weighted by molar-refractivity contribution is 0.0274. The Bertz CT molecular complexity index is 1090. The van der Waals surface area contributed by atoms with Gasteiger partial charge in [-0.15, -0.1) is 21.5 Å². The van der Waals surface area contributed by atoms with Crippen LogP contribution in [0, 0.1) is 5.82 Å². The van der Waals surface area contributed by atoms with Gasteiger partial charge in [0, 0.05) is 16.5 Å². The zero-order valence-electron chi connectivity index (χ0n) is 14.7. The van der Waals surface area contributed by atoms with E-state index < -0.39 is 12.1 Å². The number of rotatable bonds is 5. The van der Waals surface area contributed by atoms with E-state index in [1.807, 2.05) is 30.3 Å². The van der Waals surface area contributed by atoms with Gasteiger partial charge in [-0.1, -0.05) is 30.3 Å². The minimum absolute atomic E-state index is 0.145. The second-order valence-electron chi connectivity index (χ2n) is 5.90. The van der Waals surface area contributed by atoms with E-state index in [2.05, 4.69) is 15.2 Å². The normalized spacial score (nSPS) is 11.9. The Balaban J connectivity index is 1.45. The molecular weight excluding hydrogens is 381 g/mol. The van der Waals surface area contributed by atoms with Crippen molar-refractivity contribution in [2.24, 2.45) is 0 Å². The summed E-state index contributed by atoms with van der Waals surface area (Å²) in [7, 11) is 0. The second-order valence-corrected chi connectivity index (χ2v) is 6.76. The molecule has 0 aliphatic heterocycles.